The summed E-state index contributed by atoms with van der Waals surface area (Å²) in [6, 6.07) is 4.89. The molecular weight excluding hydrogens is 412 g/mol. The van der Waals surface area contributed by atoms with Crippen LogP contribution in [0, 0.1) is 0 Å². The lowest BCUT2D eigenvalue weighted by atomic mass is 10.0. The largest absolute Gasteiger partial charge is 0.485 e. The standard InChI is InChI=1S/C19H21ClN6O4/c20-13-9-11(16(21)27)1-2-14(13)24-17-15-18(23-10-22-17)26(7-8-30-15)12-3-5-25(6-4-12)19(28)29/h1-2,9-10,12H,3-8H2,(H2,21,27)(H,28,29)(H,22,23,24). The van der Waals surface area contributed by atoms with Crippen molar-refractivity contribution in [3.63, 3.8) is 0 Å². The van der Waals surface area contributed by atoms with Crippen LogP contribution < -0.4 is 20.7 Å². The second-order valence-corrected chi connectivity index (χ2v) is 7.51. The zero-order chi connectivity index (χ0) is 21.3. The van der Waals surface area contributed by atoms with Gasteiger partial charge in [0.05, 0.1) is 17.3 Å². The van der Waals surface area contributed by atoms with Gasteiger partial charge in [-0.25, -0.2) is 14.8 Å². The average Bonchev–Trinajstić information content (AvgIpc) is 2.75. The van der Waals surface area contributed by atoms with Crippen molar-refractivity contribution in [1.29, 1.82) is 0 Å². The number of carboxylic acid groups (broad SMARTS) is 1. The summed E-state index contributed by atoms with van der Waals surface area (Å²) < 4.78 is 5.86. The summed E-state index contributed by atoms with van der Waals surface area (Å²) in [5.74, 6) is 1.08. The number of primary amides is 1. The minimum absolute atomic E-state index is 0.171. The molecule has 0 radical (unpaired) electrons. The van der Waals surface area contributed by atoms with Gasteiger partial charge in [0.25, 0.3) is 0 Å². The molecule has 0 spiro atoms. The molecule has 1 fully saturated rings. The van der Waals surface area contributed by atoms with E-state index in [2.05, 4.69) is 20.2 Å². The van der Waals surface area contributed by atoms with Gasteiger partial charge in [0.1, 0.15) is 12.9 Å². The molecule has 0 aliphatic carbocycles. The van der Waals surface area contributed by atoms with Gasteiger partial charge in [0, 0.05) is 24.7 Å². The van der Waals surface area contributed by atoms with Crippen LogP contribution in [0.15, 0.2) is 24.5 Å². The number of hydrogen-bond acceptors (Lipinski definition) is 7. The van der Waals surface area contributed by atoms with E-state index >= 15 is 0 Å². The van der Waals surface area contributed by atoms with E-state index in [0.29, 0.717) is 59.9 Å². The fourth-order valence-corrected chi connectivity index (χ4v) is 3.99. The lowest BCUT2D eigenvalue weighted by Crippen LogP contribution is -2.49. The van der Waals surface area contributed by atoms with Crippen molar-refractivity contribution in [1.82, 2.24) is 14.9 Å². The van der Waals surface area contributed by atoms with Gasteiger partial charge in [0.15, 0.2) is 11.6 Å². The Morgan fingerprint density at radius 2 is 2.00 bits per heavy atom. The number of piperidine rings is 1. The van der Waals surface area contributed by atoms with Crippen LogP contribution in [0.1, 0.15) is 23.2 Å². The predicted octanol–water partition coefficient (Wildman–Crippen LogP) is 2.31. The van der Waals surface area contributed by atoms with Gasteiger partial charge in [-0.15, -0.1) is 0 Å². The lowest BCUT2D eigenvalue weighted by molar-refractivity contribution is 0.1000. The number of aromatic nitrogens is 2. The summed E-state index contributed by atoms with van der Waals surface area (Å²) in [5.41, 5.74) is 6.15. The topological polar surface area (TPSA) is 134 Å². The Morgan fingerprint density at radius 3 is 2.67 bits per heavy atom. The molecule has 0 atom stereocenters. The SMILES string of the molecule is NC(=O)c1ccc(Nc2ncnc3c2OCCN3C2CCN(C(=O)O)CC2)c(Cl)c1. The summed E-state index contributed by atoms with van der Waals surface area (Å²) in [6.45, 7) is 2.10. The number of nitrogens with two attached hydrogens (primary N) is 1. The molecule has 4 rings (SSSR count). The van der Waals surface area contributed by atoms with E-state index in [9.17, 15) is 9.59 Å². The summed E-state index contributed by atoms with van der Waals surface area (Å²) in [5, 5.41) is 12.6. The van der Waals surface area contributed by atoms with Gasteiger partial charge in [-0.1, -0.05) is 11.6 Å². The first-order valence-corrected chi connectivity index (χ1v) is 9.90. The molecule has 2 aromatic rings. The minimum atomic E-state index is -0.885. The third kappa shape index (κ3) is 3.90. The molecule has 11 heteroatoms. The number of nitrogens with zero attached hydrogens (tertiary/aromatic N) is 4. The summed E-state index contributed by atoms with van der Waals surface area (Å²) in [7, 11) is 0. The maximum absolute atomic E-state index is 11.3. The Hall–Kier alpha value is -3.27. The van der Waals surface area contributed by atoms with Gasteiger partial charge in [-0.05, 0) is 31.0 Å². The van der Waals surface area contributed by atoms with Crippen molar-refractivity contribution >= 4 is 40.9 Å². The highest BCUT2D eigenvalue weighted by molar-refractivity contribution is 6.33. The number of benzene rings is 1. The second kappa shape index (κ2) is 8.23. The van der Waals surface area contributed by atoms with Crippen LogP contribution in [-0.2, 0) is 0 Å². The van der Waals surface area contributed by atoms with Crippen LogP contribution in [0.2, 0.25) is 5.02 Å². The summed E-state index contributed by atoms with van der Waals surface area (Å²) in [4.78, 5) is 34.8. The van der Waals surface area contributed by atoms with Crippen LogP contribution in [0.25, 0.3) is 0 Å². The van der Waals surface area contributed by atoms with E-state index in [1.807, 2.05) is 0 Å². The van der Waals surface area contributed by atoms with E-state index < -0.39 is 12.0 Å². The van der Waals surface area contributed by atoms with Crippen LogP contribution in [-0.4, -0.2) is 64.3 Å². The first-order valence-electron chi connectivity index (χ1n) is 9.52. The number of rotatable bonds is 4. The average molecular weight is 433 g/mol. The van der Waals surface area contributed by atoms with Crippen molar-refractivity contribution in [2.45, 2.75) is 18.9 Å². The highest BCUT2D eigenvalue weighted by atomic mass is 35.5. The normalized spacial score (nSPS) is 16.6. The van der Waals surface area contributed by atoms with E-state index in [0.717, 1.165) is 12.8 Å². The number of fused-ring (bicyclic) bond motifs is 1. The number of likely N-dealkylation sites (tertiary alicyclic amines) is 1. The molecule has 0 saturated carbocycles. The molecule has 3 heterocycles. The van der Waals surface area contributed by atoms with E-state index in [1.54, 1.807) is 12.1 Å². The summed E-state index contributed by atoms with van der Waals surface area (Å²) in [6.07, 6.45) is 2.00. The van der Waals surface area contributed by atoms with Crippen molar-refractivity contribution in [3.8, 4) is 5.75 Å². The van der Waals surface area contributed by atoms with Gasteiger partial charge in [-0.2, -0.15) is 0 Å². The molecular formula is C19H21ClN6O4. The number of nitrogens with one attached hydrogen (secondary N) is 1. The third-order valence-corrected chi connectivity index (χ3v) is 5.63. The predicted molar refractivity (Wildman–Crippen MR) is 111 cm³/mol. The number of anilines is 3. The second-order valence-electron chi connectivity index (χ2n) is 7.10. The zero-order valence-electron chi connectivity index (χ0n) is 16.0. The first kappa shape index (κ1) is 20.0. The van der Waals surface area contributed by atoms with Crippen LogP contribution in [0.3, 0.4) is 0 Å². The number of hydrogen-bond donors (Lipinski definition) is 3. The van der Waals surface area contributed by atoms with Crippen molar-refractivity contribution in [2.24, 2.45) is 5.73 Å². The number of amides is 2. The molecule has 4 N–H and O–H groups in total. The molecule has 10 nitrogen and oxygen atoms in total. The van der Waals surface area contributed by atoms with E-state index in [1.165, 1.54) is 17.3 Å². The Balaban J connectivity index is 1.56. The Bertz CT molecular complexity index is 979. The summed E-state index contributed by atoms with van der Waals surface area (Å²) >= 11 is 6.28. The fraction of sp³-hybridized carbons (Fsp3) is 0.368. The molecule has 1 aromatic carbocycles. The van der Waals surface area contributed by atoms with Gasteiger partial charge in [-0.3, -0.25) is 4.79 Å². The zero-order valence-corrected chi connectivity index (χ0v) is 16.8. The Morgan fingerprint density at radius 1 is 1.23 bits per heavy atom. The maximum atomic E-state index is 11.3. The number of carbonyl (C=O) groups is 2. The quantitative estimate of drug-likeness (QED) is 0.670. The number of halogens is 1. The molecule has 0 unspecified atom stereocenters. The minimum Gasteiger partial charge on any atom is -0.485 e. The molecule has 1 saturated heterocycles. The highest BCUT2D eigenvalue weighted by Gasteiger charge is 2.32. The molecule has 2 aliphatic rings. The monoisotopic (exact) mass is 432 g/mol. The molecule has 158 valence electrons. The number of ether oxygens (including phenoxy) is 1. The van der Waals surface area contributed by atoms with Gasteiger partial charge >= 0.3 is 6.09 Å². The fourth-order valence-electron chi connectivity index (χ4n) is 3.76. The highest BCUT2D eigenvalue weighted by Crippen LogP contribution is 2.39. The van der Waals surface area contributed by atoms with E-state index in [4.69, 9.17) is 27.2 Å². The van der Waals surface area contributed by atoms with Crippen molar-refractivity contribution < 1.29 is 19.4 Å². The van der Waals surface area contributed by atoms with Crippen molar-refractivity contribution in [2.75, 3.05) is 36.5 Å². The van der Waals surface area contributed by atoms with Gasteiger partial charge in [0.2, 0.25) is 11.7 Å². The Labute approximate surface area is 177 Å². The smallest absolute Gasteiger partial charge is 0.407 e. The third-order valence-electron chi connectivity index (χ3n) is 5.32. The van der Waals surface area contributed by atoms with Crippen LogP contribution >= 0.6 is 11.6 Å². The van der Waals surface area contributed by atoms with Gasteiger partial charge < -0.3 is 30.7 Å². The molecule has 2 amide bonds. The lowest BCUT2D eigenvalue weighted by Gasteiger charge is -2.40. The molecule has 1 aromatic heterocycles. The maximum Gasteiger partial charge on any atom is 0.407 e. The Kier molecular flexibility index (Phi) is 5.49. The van der Waals surface area contributed by atoms with E-state index in [-0.39, 0.29) is 6.04 Å². The number of carbonyl (C=O) groups excluding carboxylic acids is 1. The van der Waals surface area contributed by atoms with Crippen LogP contribution in [0.5, 0.6) is 5.75 Å². The molecule has 2 aliphatic heterocycles. The first-order chi connectivity index (χ1) is 14.4. The van der Waals surface area contributed by atoms with Crippen molar-refractivity contribution in [3.05, 3.63) is 35.1 Å². The molecule has 30 heavy (non-hydrogen) atoms. The molecule has 0 bridgehead atoms. The van der Waals surface area contributed by atoms with Crippen LogP contribution in [0.4, 0.5) is 22.1 Å².